The molecule has 1 aliphatic rings. The van der Waals surface area contributed by atoms with E-state index < -0.39 is 0 Å². The van der Waals surface area contributed by atoms with Crippen molar-refractivity contribution in [1.82, 2.24) is 5.32 Å². The number of rotatable bonds is 5. The first-order chi connectivity index (χ1) is 8.88. The quantitative estimate of drug-likeness (QED) is 0.778. The summed E-state index contributed by atoms with van der Waals surface area (Å²) in [5.74, 6) is 1.37. The van der Waals surface area contributed by atoms with Crippen molar-refractivity contribution in [2.75, 3.05) is 13.7 Å². The zero-order valence-corrected chi connectivity index (χ0v) is 13.3. The fourth-order valence-electron chi connectivity index (χ4n) is 3.29. The number of hydrogen-bond donors (Lipinski definition) is 1. The van der Waals surface area contributed by atoms with Crippen molar-refractivity contribution in [3.63, 3.8) is 0 Å². The van der Waals surface area contributed by atoms with Gasteiger partial charge in [0.05, 0.1) is 13.0 Å². The molecule has 1 rings (SSSR count). The molecular weight excluding hydrogens is 238 g/mol. The Morgan fingerprint density at radius 1 is 1.26 bits per heavy atom. The van der Waals surface area contributed by atoms with E-state index in [1.165, 1.54) is 25.7 Å². The molecule has 1 unspecified atom stereocenters. The van der Waals surface area contributed by atoms with Crippen LogP contribution in [0.25, 0.3) is 0 Å². The summed E-state index contributed by atoms with van der Waals surface area (Å²) in [6.07, 6.45) is 5.54. The highest BCUT2D eigenvalue weighted by Gasteiger charge is 2.33. The molecule has 0 aromatic carbocycles. The maximum Gasteiger partial charge on any atom is 0.307 e. The van der Waals surface area contributed by atoms with E-state index >= 15 is 0 Å². The summed E-state index contributed by atoms with van der Waals surface area (Å²) in [4.78, 5) is 11.6. The molecule has 0 bridgehead atoms. The Morgan fingerprint density at radius 3 is 2.26 bits per heavy atom. The third kappa shape index (κ3) is 5.13. The van der Waals surface area contributed by atoms with Crippen LogP contribution in [0.1, 0.15) is 59.8 Å². The number of hydrogen-bond acceptors (Lipinski definition) is 3. The van der Waals surface area contributed by atoms with Crippen molar-refractivity contribution in [2.24, 2.45) is 17.3 Å². The lowest BCUT2D eigenvalue weighted by atomic mass is 9.68. The Morgan fingerprint density at radius 2 is 1.84 bits per heavy atom. The molecule has 3 nitrogen and oxygen atoms in total. The highest BCUT2D eigenvalue weighted by atomic mass is 16.5. The number of nitrogens with one attached hydrogen (secondary N) is 1. The standard InChI is InChI=1S/C16H31NO2/c1-6-19-15(18)11-14(17-5)12-7-9-13(10-8-12)16(2,3)4/h12-14,17H,6-11H2,1-5H3. The van der Waals surface area contributed by atoms with Crippen molar-refractivity contribution >= 4 is 5.97 Å². The van der Waals surface area contributed by atoms with Gasteiger partial charge in [-0.1, -0.05) is 20.8 Å². The first kappa shape index (κ1) is 16.5. The summed E-state index contributed by atoms with van der Waals surface area (Å²) in [6, 6.07) is 0.278. The van der Waals surface area contributed by atoms with Crippen molar-refractivity contribution in [2.45, 2.75) is 65.8 Å². The van der Waals surface area contributed by atoms with Gasteiger partial charge < -0.3 is 10.1 Å². The second-order valence-corrected chi connectivity index (χ2v) is 6.88. The highest BCUT2D eigenvalue weighted by molar-refractivity contribution is 5.70. The molecule has 0 aromatic heterocycles. The van der Waals surface area contributed by atoms with Gasteiger partial charge in [-0.15, -0.1) is 0 Å². The van der Waals surface area contributed by atoms with Crippen LogP contribution in [0.4, 0.5) is 0 Å². The van der Waals surface area contributed by atoms with E-state index in [4.69, 9.17) is 4.74 Å². The highest BCUT2D eigenvalue weighted by Crippen LogP contribution is 2.40. The lowest BCUT2D eigenvalue weighted by molar-refractivity contribution is -0.144. The van der Waals surface area contributed by atoms with E-state index in [0.29, 0.717) is 24.4 Å². The lowest BCUT2D eigenvalue weighted by Gasteiger charge is -2.39. The first-order valence-corrected chi connectivity index (χ1v) is 7.71. The number of carbonyl (C=O) groups excluding carboxylic acids is 1. The summed E-state index contributed by atoms with van der Waals surface area (Å²) in [7, 11) is 1.96. The largest absolute Gasteiger partial charge is 0.466 e. The van der Waals surface area contributed by atoms with Gasteiger partial charge in [-0.05, 0) is 56.9 Å². The monoisotopic (exact) mass is 269 g/mol. The molecule has 0 radical (unpaired) electrons. The average molecular weight is 269 g/mol. The Kier molecular flexibility index (Phi) is 6.31. The molecule has 0 amide bonds. The zero-order chi connectivity index (χ0) is 14.5. The molecule has 0 aliphatic heterocycles. The lowest BCUT2D eigenvalue weighted by Crippen LogP contribution is -2.39. The van der Waals surface area contributed by atoms with Crippen LogP contribution in [0.2, 0.25) is 0 Å². The van der Waals surface area contributed by atoms with Crippen molar-refractivity contribution in [3.05, 3.63) is 0 Å². The zero-order valence-electron chi connectivity index (χ0n) is 13.3. The summed E-state index contributed by atoms with van der Waals surface area (Å²) >= 11 is 0. The van der Waals surface area contributed by atoms with Crippen LogP contribution < -0.4 is 5.32 Å². The van der Waals surface area contributed by atoms with Crippen LogP contribution >= 0.6 is 0 Å². The molecule has 0 spiro atoms. The van der Waals surface area contributed by atoms with Gasteiger partial charge in [0.1, 0.15) is 0 Å². The van der Waals surface area contributed by atoms with Crippen molar-refractivity contribution in [3.8, 4) is 0 Å². The van der Waals surface area contributed by atoms with E-state index in [1.54, 1.807) is 0 Å². The Labute approximate surface area is 118 Å². The third-order valence-corrected chi connectivity index (χ3v) is 4.63. The molecule has 1 saturated carbocycles. The van der Waals surface area contributed by atoms with Crippen LogP contribution in [0.3, 0.4) is 0 Å². The van der Waals surface area contributed by atoms with Crippen molar-refractivity contribution < 1.29 is 9.53 Å². The molecule has 112 valence electrons. The molecule has 0 aromatic rings. The molecular formula is C16H31NO2. The normalized spacial score (nSPS) is 25.9. The van der Waals surface area contributed by atoms with Gasteiger partial charge in [0.25, 0.3) is 0 Å². The number of carbonyl (C=O) groups is 1. The van der Waals surface area contributed by atoms with Crippen LogP contribution in [0.5, 0.6) is 0 Å². The van der Waals surface area contributed by atoms with Crippen LogP contribution in [-0.4, -0.2) is 25.7 Å². The predicted octanol–water partition coefficient (Wildman–Crippen LogP) is 3.38. The Hall–Kier alpha value is -0.570. The Balaban J connectivity index is 2.45. The van der Waals surface area contributed by atoms with Crippen LogP contribution in [0.15, 0.2) is 0 Å². The average Bonchev–Trinajstić information content (AvgIpc) is 2.35. The summed E-state index contributed by atoms with van der Waals surface area (Å²) in [5, 5.41) is 3.31. The second-order valence-electron chi connectivity index (χ2n) is 6.88. The van der Waals surface area contributed by atoms with Gasteiger partial charge in [0.15, 0.2) is 0 Å². The minimum absolute atomic E-state index is 0.0696. The first-order valence-electron chi connectivity index (χ1n) is 7.71. The van der Waals surface area contributed by atoms with Gasteiger partial charge >= 0.3 is 5.97 Å². The van der Waals surface area contributed by atoms with Crippen LogP contribution in [-0.2, 0) is 9.53 Å². The van der Waals surface area contributed by atoms with Crippen LogP contribution in [0, 0.1) is 17.3 Å². The maximum atomic E-state index is 11.6. The van der Waals surface area contributed by atoms with E-state index in [-0.39, 0.29) is 12.0 Å². The minimum atomic E-state index is -0.0696. The fraction of sp³-hybridized carbons (Fsp3) is 0.938. The van der Waals surface area contributed by atoms with E-state index in [2.05, 4.69) is 26.1 Å². The molecule has 1 atom stereocenters. The van der Waals surface area contributed by atoms with Gasteiger partial charge in [-0.25, -0.2) is 0 Å². The predicted molar refractivity (Wildman–Crippen MR) is 79.0 cm³/mol. The second kappa shape index (κ2) is 7.28. The Bertz CT molecular complexity index is 275. The van der Waals surface area contributed by atoms with Crippen molar-refractivity contribution in [1.29, 1.82) is 0 Å². The van der Waals surface area contributed by atoms with E-state index in [1.807, 2.05) is 14.0 Å². The van der Waals surface area contributed by atoms with Gasteiger partial charge in [0.2, 0.25) is 0 Å². The summed E-state index contributed by atoms with van der Waals surface area (Å²) < 4.78 is 5.06. The molecule has 0 heterocycles. The molecule has 1 N–H and O–H groups in total. The fourth-order valence-corrected chi connectivity index (χ4v) is 3.29. The molecule has 19 heavy (non-hydrogen) atoms. The van der Waals surface area contributed by atoms with E-state index in [9.17, 15) is 4.79 Å². The topological polar surface area (TPSA) is 38.3 Å². The molecule has 1 fully saturated rings. The molecule has 1 aliphatic carbocycles. The minimum Gasteiger partial charge on any atom is -0.466 e. The van der Waals surface area contributed by atoms with Gasteiger partial charge in [0, 0.05) is 6.04 Å². The summed E-state index contributed by atoms with van der Waals surface area (Å²) in [6.45, 7) is 9.36. The SMILES string of the molecule is CCOC(=O)CC(NC)C1CCC(C(C)(C)C)CC1. The van der Waals surface area contributed by atoms with Gasteiger partial charge in [-0.2, -0.15) is 0 Å². The number of ether oxygens (including phenoxy) is 1. The summed E-state index contributed by atoms with van der Waals surface area (Å²) in [5.41, 5.74) is 0.418. The maximum absolute atomic E-state index is 11.6. The van der Waals surface area contributed by atoms with Gasteiger partial charge in [-0.3, -0.25) is 4.79 Å². The third-order valence-electron chi connectivity index (χ3n) is 4.63. The molecule has 0 saturated heterocycles. The van der Waals surface area contributed by atoms with E-state index in [0.717, 1.165) is 5.92 Å². The smallest absolute Gasteiger partial charge is 0.307 e. The number of esters is 1. The molecule has 3 heteroatoms.